The summed E-state index contributed by atoms with van der Waals surface area (Å²) in [4.78, 5) is 16.1. The second-order valence-electron chi connectivity index (χ2n) is 5.08. The molecule has 1 aromatic heterocycles. The Morgan fingerprint density at radius 2 is 2.16 bits per heavy atom. The van der Waals surface area contributed by atoms with Gasteiger partial charge < -0.3 is 10.6 Å². The highest BCUT2D eigenvalue weighted by Crippen LogP contribution is 2.18. The molecule has 0 saturated heterocycles. The zero-order valence-electron chi connectivity index (χ0n) is 11.2. The summed E-state index contributed by atoms with van der Waals surface area (Å²) in [5, 5.41) is 6.17. The van der Waals surface area contributed by atoms with Gasteiger partial charge in [-0.25, -0.2) is 4.98 Å². The van der Waals surface area contributed by atoms with Crippen molar-refractivity contribution >= 4 is 27.7 Å². The van der Waals surface area contributed by atoms with Crippen molar-refractivity contribution in [2.45, 2.75) is 45.1 Å². The Labute approximate surface area is 122 Å². The first kappa shape index (κ1) is 14.3. The van der Waals surface area contributed by atoms with Crippen LogP contribution in [0, 0.1) is 6.92 Å². The lowest BCUT2D eigenvalue weighted by Gasteiger charge is -2.22. The summed E-state index contributed by atoms with van der Waals surface area (Å²) in [6.45, 7) is 2.26. The minimum absolute atomic E-state index is 0.0519. The molecule has 0 spiro atoms. The molecular weight excluding hydrogens is 306 g/mol. The minimum Gasteiger partial charge on any atom is -0.361 e. The van der Waals surface area contributed by atoms with Gasteiger partial charge in [0.2, 0.25) is 5.91 Å². The van der Waals surface area contributed by atoms with Gasteiger partial charge in [-0.2, -0.15) is 0 Å². The number of amides is 1. The fourth-order valence-electron chi connectivity index (χ4n) is 2.42. The van der Waals surface area contributed by atoms with E-state index in [1.807, 2.05) is 13.0 Å². The number of aryl methyl sites for hydroxylation is 1. The molecule has 0 bridgehead atoms. The first-order chi connectivity index (χ1) is 9.15. The topological polar surface area (TPSA) is 54.0 Å². The molecule has 4 nitrogen and oxygen atoms in total. The van der Waals surface area contributed by atoms with Crippen molar-refractivity contribution in [3.63, 3.8) is 0 Å². The van der Waals surface area contributed by atoms with Crippen LogP contribution in [-0.2, 0) is 4.79 Å². The Bertz CT molecular complexity index is 444. The second-order valence-corrected chi connectivity index (χ2v) is 5.99. The average molecular weight is 326 g/mol. The van der Waals surface area contributed by atoms with Gasteiger partial charge in [-0.3, -0.25) is 4.79 Å². The van der Waals surface area contributed by atoms with Crippen LogP contribution in [0.1, 0.15) is 37.7 Å². The molecule has 0 aromatic carbocycles. The molecule has 0 atom stereocenters. The summed E-state index contributed by atoms with van der Waals surface area (Å²) >= 11 is 3.37. The molecule has 104 valence electrons. The van der Waals surface area contributed by atoms with Crippen molar-refractivity contribution in [2.75, 3.05) is 11.9 Å². The molecular formula is C14H20BrN3O. The average Bonchev–Trinajstić information content (AvgIpc) is 2.39. The van der Waals surface area contributed by atoms with E-state index in [1.54, 1.807) is 6.20 Å². The maximum Gasteiger partial charge on any atom is 0.239 e. The molecule has 2 N–H and O–H groups in total. The number of carbonyl (C=O) groups excluding carboxylic acids is 1. The lowest BCUT2D eigenvalue weighted by atomic mass is 9.95. The van der Waals surface area contributed by atoms with Gasteiger partial charge in [-0.15, -0.1) is 0 Å². The fourth-order valence-corrected chi connectivity index (χ4v) is 2.86. The van der Waals surface area contributed by atoms with E-state index in [4.69, 9.17) is 0 Å². The van der Waals surface area contributed by atoms with Crippen molar-refractivity contribution < 1.29 is 4.79 Å². The third-order valence-corrected chi connectivity index (χ3v) is 3.87. The van der Waals surface area contributed by atoms with Crippen LogP contribution in [0.15, 0.2) is 16.7 Å². The number of pyridine rings is 1. The maximum absolute atomic E-state index is 11.9. The van der Waals surface area contributed by atoms with E-state index in [9.17, 15) is 4.79 Å². The van der Waals surface area contributed by atoms with Crippen molar-refractivity contribution in [1.29, 1.82) is 0 Å². The predicted molar refractivity (Wildman–Crippen MR) is 80.2 cm³/mol. The number of rotatable bonds is 4. The van der Waals surface area contributed by atoms with Crippen LogP contribution in [-0.4, -0.2) is 23.5 Å². The first-order valence-corrected chi connectivity index (χ1v) is 7.60. The molecule has 0 aliphatic heterocycles. The normalized spacial score (nSPS) is 16.1. The number of aromatic nitrogens is 1. The molecule has 1 amide bonds. The summed E-state index contributed by atoms with van der Waals surface area (Å²) in [5.74, 6) is 0.818. The summed E-state index contributed by atoms with van der Waals surface area (Å²) in [6, 6.07) is 2.34. The SMILES string of the molecule is Cc1cc(Br)cnc1NCC(=O)NC1CCCCC1. The Kier molecular flexibility index (Phi) is 5.19. The van der Waals surface area contributed by atoms with Crippen LogP contribution >= 0.6 is 15.9 Å². The van der Waals surface area contributed by atoms with Crippen LogP contribution < -0.4 is 10.6 Å². The standard InChI is InChI=1S/C14H20BrN3O/c1-10-7-11(15)8-16-14(10)17-9-13(19)18-12-5-3-2-4-6-12/h7-8,12H,2-6,9H2,1H3,(H,16,17)(H,18,19). The maximum atomic E-state index is 11.9. The lowest BCUT2D eigenvalue weighted by Crippen LogP contribution is -2.39. The zero-order valence-corrected chi connectivity index (χ0v) is 12.8. The highest BCUT2D eigenvalue weighted by molar-refractivity contribution is 9.10. The third kappa shape index (κ3) is 4.49. The predicted octanol–water partition coefficient (Wildman–Crippen LogP) is 3.01. The molecule has 1 aliphatic rings. The van der Waals surface area contributed by atoms with E-state index in [2.05, 4.69) is 31.5 Å². The number of hydrogen-bond acceptors (Lipinski definition) is 3. The minimum atomic E-state index is 0.0519. The largest absolute Gasteiger partial charge is 0.361 e. The van der Waals surface area contributed by atoms with Crippen LogP contribution in [0.25, 0.3) is 0 Å². The van der Waals surface area contributed by atoms with E-state index >= 15 is 0 Å². The molecule has 1 fully saturated rings. The van der Waals surface area contributed by atoms with Gasteiger partial charge >= 0.3 is 0 Å². The molecule has 19 heavy (non-hydrogen) atoms. The Balaban J connectivity index is 1.79. The smallest absolute Gasteiger partial charge is 0.239 e. The zero-order chi connectivity index (χ0) is 13.7. The number of nitrogens with zero attached hydrogens (tertiary/aromatic N) is 1. The van der Waals surface area contributed by atoms with Crippen molar-refractivity contribution in [1.82, 2.24) is 10.3 Å². The number of carbonyl (C=O) groups is 1. The number of hydrogen-bond donors (Lipinski definition) is 2. The van der Waals surface area contributed by atoms with E-state index in [1.165, 1.54) is 19.3 Å². The molecule has 0 radical (unpaired) electrons. The second kappa shape index (κ2) is 6.89. The van der Waals surface area contributed by atoms with E-state index < -0.39 is 0 Å². The molecule has 1 heterocycles. The van der Waals surface area contributed by atoms with E-state index in [-0.39, 0.29) is 12.5 Å². The quantitative estimate of drug-likeness (QED) is 0.894. The molecule has 0 unspecified atom stereocenters. The van der Waals surface area contributed by atoms with Crippen molar-refractivity contribution in [3.05, 3.63) is 22.3 Å². The van der Waals surface area contributed by atoms with E-state index in [0.29, 0.717) is 6.04 Å². The monoisotopic (exact) mass is 325 g/mol. The molecule has 2 rings (SSSR count). The summed E-state index contributed by atoms with van der Waals surface area (Å²) < 4.78 is 0.946. The lowest BCUT2D eigenvalue weighted by molar-refractivity contribution is -0.120. The van der Waals surface area contributed by atoms with Gasteiger partial charge in [-0.05, 0) is 47.3 Å². The first-order valence-electron chi connectivity index (χ1n) is 6.80. The van der Waals surface area contributed by atoms with Gasteiger partial charge in [0.05, 0.1) is 6.54 Å². The molecule has 1 saturated carbocycles. The van der Waals surface area contributed by atoms with Crippen LogP contribution in [0.5, 0.6) is 0 Å². The summed E-state index contributed by atoms with van der Waals surface area (Å²) in [7, 11) is 0. The number of nitrogens with one attached hydrogen (secondary N) is 2. The van der Waals surface area contributed by atoms with Gasteiger partial charge in [0.15, 0.2) is 0 Å². The highest BCUT2D eigenvalue weighted by atomic mass is 79.9. The highest BCUT2D eigenvalue weighted by Gasteiger charge is 2.15. The summed E-state index contributed by atoms with van der Waals surface area (Å²) in [5.41, 5.74) is 1.03. The van der Waals surface area contributed by atoms with Crippen LogP contribution in [0.2, 0.25) is 0 Å². The van der Waals surface area contributed by atoms with E-state index in [0.717, 1.165) is 28.7 Å². The summed E-state index contributed by atoms with van der Waals surface area (Å²) in [6.07, 6.45) is 7.71. The van der Waals surface area contributed by atoms with Gasteiger partial charge in [0.1, 0.15) is 5.82 Å². The van der Waals surface area contributed by atoms with Crippen LogP contribution in [0.3, 0.4) is 0 Å². The van der Waals surface area contributed by atoms with Gasteiger partial charge in [0.25, 0.3) is 0 Å². The molecule has 1 aromatic rings. The Morgan fingerprint density at radius 1 is 1.42 bits per heavy atom. The van der Waals surface area contributed by atoms with Crippen LogP contribution in [0.4, 0.5) is 5.82 Å². The van der Waals surface area contributed by atoms with Crippen molar-refractivity contribution in [2.24, 2.45) is 0 Å². The fraction of sp³-hybridized carbons (Fsp3) is 0.571. The third-order valence-electron chi connectivity index (χ3n) is 3.43. The van der Waals surface area contributed by atoms with Gasteiger partial charge in [0, 0.05) is 16.7 Å². The molecule has 1 aliphatic carbocycles. The van der Waals surface area contributed by atoms with Crippen molar-refractivity contribution in [3.8, 4) is 0 Å². The number of anilines is 1. The Hall–Kier alpha value is -1.10. The number of halogens is 1. The van der Waals surface area contributed by atoms with Gasteiger partial charge in [-0.1, -0.05) is 19.3 Å². The Morgan fingerprint density at radius 3 is 2.84 bits per heavy atom. The molecule has 5 heteroatoms.